The first-order valence-corrected chi connectivity index (χ1v) is 13.7. The third kappa shape index (κ3) is 6.45. The van der Waals surface area contributed by atoms with Crippen molar-refractivity contribution in [2.75, 3.05) is 22.1 Å². The van der Waals surface area contributed by atoms with E-state index in [-0.39, 0.29) is 12.6 Å². The van der Waals surface area contributed by atoms with Gasteiger partial charge in [0.2, 0.25) is 0 Å². The van der Waals surface area contributed by atoms with Crippen LogP contribution in [0.25, 0.3) is 22.2 Å². The van der Waals surface area contributed by atoms with Crippen LogP contribution in [-0.4, -0.2) is 34.3 Å². The van der Waals surface area contributed by atoms with Gasteiger partial charge in [0, 0.05) is 35.0 Å². The molecule has 198 valence electrons. The van der Waals surface area contributed by atoms with Gasteiger partial charge in [0.05, 0.1) is 5.52 Å². The summed E-state index contributed by atoms with van der Waals surface area (Å²) in [5.41, 5.74) is 4.14. The van der Waals surface area contributed by atoms with Crippen molar-refractivity contribution in [3.05, 3.63) is 84.4 Å². The molecule has 3 N–H and O–H groups in total. The molecule has 0 saturated carbocycles. The number of urea groups is 1. The van der Waals surface area contributed by atoms with E-state index in [2.05, 4.69) is 16.0 Å². The minimum absolute atomic E-state index is 0.290. The number of hydrogen-bond acceptors (Lipinski definition) is 3. The van der Waals surface area contributed by atoms with Crippen LogP contribution >= 0.6 is 11.8 Å². The number of carbonyl (C=O) groups excluding carboxylic acids is 1. The molecule has 0 radical (unpaired) electrons. The molecule has 3 aromatic carbocycles. The van der Waals surface area contributed by atoms with Crippen molar-refractivity contribution < 1.29 is 18.0 Å². The number of benzene rings is 3. The number of aromatic nitrogens is 1. The number of halogens is 3. The number of anilines is 2. The number of para-hydroxylation sites is 1. The van der Waals surface area contributed by atoms with E-state index in [4.69, 9.17) is 0 Å². The molecule has 0 bridgehead atoms. The van der Waals surface area contributed by atoms with Crippen molar-refractivity contribution in [2.24, 2.45) is 0 Å². The van der Waals surface area contributed by atoms with Crippen LogP contribution in [-0.2, 0) is 13.1 Å². The third-order valence-electron chi connectivity index (χ3n) is 6.60. The van der Waals surface area contributed by atoms with Gasteiger partial charge in [-0.15, -0.1) is 0 Å². The molecule has 38 heavy (non-hydrogen) atoms. The zero-order valence-electron chi connectivity index (χ0n) is 20.7. The van der Waals surface area contributed by atoms with Gasteiger partial charge in [-0.05, 0) is 65.8 Å². The smallest absolute Gasteiger partial charge is 0.382 e. The quantitative estimate of drug-likeness (QED) is 0.228. The first kappa shape index (κ1) is 26.0. The summed E-state index contributed by atoms with van der Waals surface area (Å²) in [5.74, 6) is 2.17. The highest BCUT2D eigenvalue weighted by molar-refractivity contribution is 7.99. The third-order valence-corrected chi connectivity index (χ3v) is 7.65. The first-order chi connectivity index (χ1) is 18.4. The lowest BCUT2D eigenvalue weighted by molar-refractivity contribution is -0.139. The van der Waals surface area contributed by atoms with Crippen LogP contribution in [0.2, 0.25) is 0 Å². The Morgan fingerprint density at radius 3 is 2.39 bits per heavy atom. The van der Waals surface area contributed by atoms with E-state index >= 15 is 0 Å². The van der Waals surface area contributed by atoms with Gasteiger partial charge in [-0.3, -0.25) is 0 Å². The van der Waals surface area contributed by atoms with Gasteiger partial charge < -0.3 is 20.5 Å². The van der Waals surface area contributed by atoms with Crippen molar-refractivity contribution in [3.8, 4) is 11.3 Å². The Hall–Kier alpha value is -3.59. The highest BCUT2D eigenvalue weighted by Gasteiger charge is 2.30. The summed E-state index contributed by atoms with van der Waals surface area (Å²) in [4.78, 5) is 12.2. The van der Waals surface area contributed by atoms with E-state index in [0.29, 0.717) is 28.5 Å². The monoisotopic (exact) mass is 538 g/mol. The Bertz CT molecular complexity index is 1380. The lowest BCUT2D eigenvalue weighted by atomic mass is 10.1. The van der Waals surface area contributed by atoms with Gasteiger partial charge in [-0.1, -0.05) is 48.5 Å². The Kier molecular flexibility index (Phi) is 7.83. The van der Waals surface area contributed by atoms with Crippen LogP contribution in [0.5, 0.6) is 0 Å². The normalized spacial score (nSPS) is 14.4. The second-order valence-electron chi connectivity index (χ2n) is 9.37. The van der Waals surface area contributed by atoms with E-state index in [1.807, 2.05) is 60.3 Å². The topological polar surface area (TPSA) is 58.1 Å². The summed E-state index contributed by atoms with van der Waals surface area (Å²) in [6, 6.07) is 23.7. The van der Waals surface area contributed by atoms with Gasteiger partial charge in [0.1, 0.15) is 6.54 Å². The van der Waals surface area contributed by atoms with Crippen LogP contribution in [0.15, 0.2) is 78.9 Å². The maximum absolute atomic E-state index is 13.6. The van der Waals surface area contributed by atoms with Crippen LogP contribution in [0.4, 0.5) is 29.3 Å². The van der Waals surface area contributed by atoms with E-state index in [1.165, 1.54) is 4.57 Å². The van der Waals surface area contributed by atoms with Crippen LogP contribution in [0, 0.1) is 0 Å². The van der Waals surface area contributed by atoms with E-state index in [1.54, 1.807) is 30.3 Å². The minimum Gasteiger partial charge on any atom is -0.382 e. The highest BCUT2D eigenvalue weighted by atomic mass is 32.2. The molecule has 1 fully saturated rings. The van der Waals surface area contributed by atoms with Gasteiger partial charge in [0.15, 0.2) is 0 Å². The van der Waals surface area contributed by atoms with Crippen molar-refractivity contribution in [2.45, 2.75) is 38.1 Å². The van der Waals surface area contributed by atoms with Crippen LogP contribution in [0.1, 0.15) is 18.4 Å². The van der Waals surface area contributed by atoms with Crippen molar-refractivity contribution in [1.29, 1.82) is 0 Å². The fourth-order valence-corrected chi connectivity index (χ4v) is 5.84. The Morgan fingerprint density at radius 1 is 0.947 bits per heavy atom. The first-order valence-electron chi connectivity index (χ1n) is 12.6. The lowest BCUT2D eigenvalue weighted by Gasteiger charge is -2.24. The number of carbonyl (C=O) groups is 1. The number of alkyl halides is 3. The molecule has 5 rings (SSSR count). The summed E-state index contributed by atoms with van der Waals surface area (Å²) in [6.07, 6.45) is -2.28. The second kappa shape index (κ2) is 11.4. The predicted octanol–water partition coefficient (Wildman–Crippen LogP) is 7.50. The molecule has 1 aliphatic rings. The van der Waals surface area contributed by atoms with Crippen molar-refractivity contribution in [3.63, 3.8) is 0 Å². The SMILES string of the molecule is O=C(NCc1ccc(-c2cc3c(NC4CCSCC4)cccc3n2CC(F)(F)F)cc1)Nc1ccccc1. The largest absolute Gasteiger partial charge is 0.406 e. The minimum atomic E-state index is -4.36. The number of rotatable bonds is 7. The number of hydrogen-bond donors (Lipinski definition) is 3. The van der Waals surface area contributed by atoms with Crippen molar-refractivity contribution >= 4 is 40.1 Å². The second-order valence-corrected chi connectivity index (χ2v) is 10.6. The number of fused-ring (bicyclic) bond motifs is 1. The Labute approximate surface area is 223 Å². The molecule has 2 heterocycles. The molecular formula is C29H29F3N4OS. The maximum atomic E-state index is 13.6. The van der Waals surface area contributed by atoms with Crippen molar-refractivity contribution in [1.82, 2.24) is 9.88 Å². The summed E-state index contributed by atoms with van der Waals surface area (Å²) >= 11 is 1.93. The molecule has 5 nitrogen and oxygen atoms in total. The maximum Gasteiger partial charge on any atom is 0.406 e. The molecule has 2 amide bonds. The number of amides is 2. The highest BCUT2D eigenvalue weighted by Crippen LogP contribution is 2.36. The molecule has 1 saturated heterocycles. The number of thioether (sulfide) groups is 1. The molecular weight excluding hydrogens is 509 g/mol. The molecule has 4 aromatic rings. The Morgan fingerprint density at radius 2 is 1.68 bits per heavy atom. The molecule has 0 aliphatic carbocycles. The van der Waals surface area contributed by atoms with Gasteiger partial charge in [-0.25, -0.2) is 4.79 Å². The molecule has 1 aliphatic heterocycles. The lowest BCUT2D eigenvalue weighted by Crippen LogP contribution is -2.28. The standard InChI is InChI=1S/C29H29F3N4OS/c30-29(31,32)19-36-26-8-4-7-25(34-23-13-15-38-16-14-23)24(26)17-27(36)21-11-9-20(10-12-21)18-33-28(37)35-22-5-2-1-3-6-22/h1-12,17,23,34H,13-16,18-19H2,(H2,33,35,37). The zero-order chi connectivity index (χ0) is 26.5. The summed E-state index contributed by atoms with van der Waals surface area (Å²) in [6.45, 7) is -0.781. The van der Waals surface area contributed by atoms with E-state index < -0.39 is 12.7 Å². The molecule has 0 spiro atoms. The van der Waals surface area contributed by atoms with Gasteiger partial charge in [0.25, 0.3) is 0 Å². The summed E-state index contributed by atoms with van der Waals surface area (Å²) in [7, 11) is 0. The molecule has 0 unspecified atom stereocenters. The number of nitrogens with zero attached hydrogens (tertiary/aromatic N) is 1. The summed E-state index contributed by atoms with van der Waals surface area (Å²) in [5, 5.41) is 9.93. The van der Waals surface area contributed by atoms with Crippen LogP contribution in [0.3, 0.4) is 0 Å². The Balaban J connectivity index is 1.37. The zero-order valence-corrected chi connectivity index (χ0v) is 21.5. The molecule has 1 aromatic heterocycles. The average molecular weight is 539 g/mol. The van der Waals surface area contributed by atoms with Crippen LogP contribution < -0.4 is 16.0 Å². The molecule has 9 heteroatoms. The fourth-order valence-electron chi connectivity index (χ4n) is 4.73. The van der Waals surface area contributed by atoms with Gasteiger partial charge >= 0.3 is 12.2 Å². The molecule has 0 atom stereocenters. The predicted molar refractivity (Wildman–Crippen MR) is 150 cm³/mol. The van der Waals surface area contributed by atoms with Gasteiger partial charge in [-0.2, -0.15) is 24.9 Å². The average Bonchev–Trinajstić information content (AvgIpc) is 3.27. The van der Waals surface area contributed by atoms with E-state index in [0.717, 1.165) is 41.0 Å². The number of nitrogens with one attached hydrogen (secondary N) is 3. The summed E-state index contributed by atoms with van der Waals surface area (Å²) < 4.78 is 42.2. The van der Waals surface area contributed by atoms with E-state index in [9.17, 15) is 18.0 Å². The fraction of sp³-hybridized carbons (Fsp3) is 0.276.